The second-order valence-electron chi connectivity index (χ2n) is 8.42. The maximum atomic E-state index is 12.9. The third-order valence-electron chi connectivity index (χ3n) is 4.55. The number of carbonyl (C=O) groups is 2. The Morgan fingerprint density at radius 2 is 1.92 bits per heavy atom. The van der Waals surface area contributed by atoms with Crippen LogP contribution in [0.4, 0.5) is 0 Å². The van der Waals surface area contributed by atoms with Gasteiger partial charge in [0.15, 0.2) is 0 Å². The van der Waals surface area contributed by atoms with E-state index in [2.05, 4.69) is 31.4 Å². The summed E-state index contributed by atoms with van der Waals surface area (Å²) in [7, 11) is 2.00. The standard InChI is InChI=1S/C20H33N3O2/c1-6-11-22(18(24)13-20(2,3)4)15-19(25)23(16-9-10-16)14-17-8-7-12-21(17)5/h7-8,12,16H,6,9-11,13-15H2,1-5H3. The first-order chi connectivity index (χ1) is 11.7. The Balaban J connectivity index is 2.04. The monoisotopic (exact) mass is 347 g/mol. The molecule has 2 amide bonds. The Labute approximate surface area is 152 Å². The number of hydrogen-bond donors (Lipinski definition) is 0. The summed E-state index contributed by atoms with van der Waals surface area (Å²) >= 11 is 0. The molecule has 140 valence electrons. The average molecular weight is 348 g/mol. The minimum absolute atomic E-state index is 0.0641. The van der Waals surface area contributed by atoms with Gasteiger partial charge in [-0.05, 0) is 36.8 Å². The van der Waals surface area contributed by atoms with Crippen molar-refractivity contribution in [1.82, 2.24) is 14.4 Å². The first-order valence-electron chi connectivity index (χ1n) is 9.38. The average Bonchev–Trinajstić information content (AvgIpc) is 3.25. The van der Waals surface area contributed by atoms with Crippen molar-refractivity contribution in [2.24, 2.45) is 12.5 Å². The fourth-order valence-electron chi connectivity index (χ4n) is 3.02. The normalized spacial score (nSPS) is 14.4. The van der Waals surface area contributed by atoms with Gasteiger partial charge in [0.25, 0.3) is 0 Å². The van der Waals surface area contributed by atoms with Gasteiger partial charge in [-0.25, -0.2) is 0 Å². The van der Waals surface area contributed by atoms with Crippen molar-refractivity contribution in [3.63, 3.8) is 0 Å². The highest BCUT2D eigenvalue weighted by atomic mass is 16.2. The molecule has 0 atom stereocenters. The Kier molecular flexibility index (Phi) is 6.31. The van der Waals surface area contributed by atoms with E-state index in [0.717, 1.165) is 25.0 Å². The minimum atomic E-state index is -0.0641. The number of carbonyl (C=O) groups excluding carboxylic acids is 2. The van der Waals surface area contributed by atoms with Gasteiger partial charge in [-0.2, -0.15) is 0 Å². The molecule has 0 spiro atoms. The van der Waals surface area contributed by atoms with E-state index in [9.17, 15) is 9.59 Å². The molecule has 0 aliphatic heterocycles. The number of amides is 2. The third kappa shape index (κ3) is 5.91. The molecule has 0 unspecified atom stereocenters. The molecule has 0 aromatic carbocycles. The summed E-state index contributed by atoms with van der Waals surface area (Å²) in [5, 5.41) is 0. The van der Waals surface area contributed by atoms with Crippen LogP contribution < -0.4 is 0 Å². The van der Waals surface area contributed by atoms with Crippen molar-refractivity contribution in [3.05, 3.63) is 24.0 Å². The lowest BCUT2D eigenvalue weighted by atomic mass is 9.91. The van der Waals surface area contributed by atoms with Crippen LogP contribution >= 0.6 is 0 Å². The van der Waals surface area contributed by atoms with Gasteiger partial charge in [0.2, 0.25) is 11.8 Å². The highest BCUT2D eigenvalue weighted by Gasteiger charge is 2.34. The predicted molar refractivity (Wildman–Crippen MR) is 99.9 cm³/mol. The molecule has 1 saturated carbocycles. The third-order valence-corrected chi connectivity index (χ3v) is 4.55. The first-order valence-corrected chi connectivity index (χ1v) is 9.38. The van der Waals surface area contributed by atoms with Crippen LogP contribution in [0.25, 0.3) is 0 Å². The number of hydrogen-bond acceptors (Lipinski definition) is 2. The van der Waals surface area contributed by atoms with Gasteiger partial charge in [0.1, 0.15) is 0 Å². The fourth-order valence-corrected chi connectivity index (χ4v) is 3.02. The maximum Gasteiger partial charge on any atom is 0.242 e. The van der Waals surface area contributed by atoms with E-state index in [1.807, 2.05) is 31.1 Å². The van der Waals surface area contributed by atoms with Crippen molar-refractivity contribution >= 4 is 11.8 Å². The summed E-state index contributed by atoms with van der Waals surface area (Å²) in [5.74, 6) is 0.150. The van der Waals surface area contributed by atoms with E-state index < -0.39 is 0 Å². The molecule has 1 fully saturated rings. The molecule has 1 heterocycles. The van der Waals surface area contributed by atoms with E-state index in [1.165, 1.54) is 0 Å². The maximum absolute atomic E-state index is 12.9. The molecular formula is C20H33N3O2. The van der Waals surface area contributed by atoms with Crippen LogP contribution in [-0.4, -0.2) is 45.3 Å². The van der Waals surface area contributed by atoms with Crippen molar-refractivity contribution in [2.75, 3.05) is 13.1 Å². The molecular weight excluding hydrogens is 314 g/mol. The first kappa shape index (κ1) is 19.5. The van der Waals surface area contributed by atoms with Gasteiger partial charge in [0.05, 0.1) is 13.1 Å². The molecule has 1 aliphatic rings. The summed E-state index contributed by atoms with van der Waals surface area (Å²) in [6.45, 7) is 9.69. The van der Waals surface area contributed by atoms with Crippen LogP contribution in [0.5, 0.6) is 0 Å². The van der Waals surface area contributed by atoms with Crippen LogP contribution in [0.15, 0.2) is 18.3 Å². The second-order valence-corrected chi connectivity index (χ2v) is 8.42. The van der Waals surface area contributed by atoms with E-state index >= 15 is 0 Å². The largest absolute Gasteiger partial charge is 0.353 e. The second kappa shape index (κ2) is 8.07. The molecule has 5 heteroatoms. The van der Waals surface area contributed by atoms with E-state index in [-0.39, 0.29) is 23.8 Å². The highest BCUT2D eigenvalue weighted by Crippen LogP contribution is 2.29. The van der Waals surface area contributed by atoms with E-state index in [4.69, 9.17) is 0 Å². The van der Waals surface area contributed by atoms with Crippen LogP contribution in [0.2, 0.25) is 0 Å². The van der Waals surface area contributed by atoms with Crippen LogP contribution in [0, 0.1) is 5.41 Å². The quantitative estimate of drug-likeness (QED) is 0.725. The summed E-state index contributed by atoms with van der Waals surface area (Å²) in [6.07, 6.45) is 5.48. The Morgan fingerprint density at radius 1 is 1.24 bits per heavy atom. The van der Waals surface area contributed by atoms with Crippen molar-refractivity contribution in [3.8, 4) is 0 Å². The molecule has 0 radical (unpaired) electrons. The molecule has 5 nitrogen and oxygen atoms in total. The van der Waals surface area contributed by atoms with Crippen LogP contribution in [0.1, 0.15) is 59.1 Å². The zero-order valence-electron chi connectivity index (χ0n) is 16.4. The molecule has 0 saturated heterocycles. The number of rotatable bonds is 8. The zero-order valence-corrected chi connectivity index (χ0v) is 16.4. The smallest absolute Gasteiger partial charge is 0.242 e. The molecule has 1 aliphatic carbocycles. The molecule has 25 heavy (non-hydrogen) atoms. The van der Waals surface area contributed by atoms with E-state index in [0.29, 0.717) is 25.6 Å². The van der Waals surface area contributed by atoms with Gasteiger partial charge >= 0.3 is 0 Å². The van der Waals surface area contributed by atoms with Gasteiger partial charge in [-0.3, -0.25) is 9.59 Å². The molecule has 1 aromatic rings. The lowest BCUT2D eigenvalue weighted by Crippen LogP contribution is -2.44. The van der Waals surface area contributed by atoms with Gasteiger partial charge < -0.3 is 14.4 Å². The number of aromatic nitrogens is 1. The molecule has 0 bridgehead atoms. The van der Waals surface area contributed by atoms with Crippen LogP contribution in [0.3, 0.4) is 0 Å². The number of aryl methyl sites for hydroxylation is 1. The summed E-state index contributed by atoms with van der Waals surface area (Å²) in [5.41, 5.74) is 1.06. The lowest BCUT2D eigenvalue weighted by Gasteiger charge is -2.29. The lowest BCUT2D eigenvalue weighted by molar-refractivity contribution is -0.142. The summed E-state index contributed by atoms with van der Waals surface area (Å²) < 4.78 is 2.05. The topological polar surface area (TPSA) is 45.6 Å². The fraction of sp³-hybridized carbons (Fsp3) is 0.700. The van der Waals surface area contributed by atoms with Crippen molar-refractivity contribution < 1.29 is 9.59 Å². The molecule has 1 aromatic heterocycles. The summed E-state index contributed by atoms with van der Waals surface area (Å²) in [4.78, 5) is 29.3. The van der Waals surface area contributed by atoms with Crippen molar-refractivity contribution in [2.45, 2.75) is 66.0 Å². The molecule has 0 N–H and O–H groups in total. The Bertz CT molecular complexity index is 596. The predicted octanol–water partition coefficient (Wildman–Crippen LogP) is 3.19. The Hall–Kier alpha value is -1.78. The minimum Gasteiger partial charge on any atom is -0.353 e. The molecule has 2 rings (SSSR count). The Morgan fingerprint density at radius 3 is 2.40 bits per heavy atom. The van der Waals surface area contributed by atoms with Crippen molar-refractivity contribution in [1.29, 1.82) is 0 Å². The summed E-state index contributed by atoms with van der Waals surface area (Å²) in [6, 6.07) is 4.39. The highest BCUT2D eigenvalue weighted by molar-refractivity contribution is 5.85. The number of nitrogens with zero attached hydrogens (tertiary/aromatic N) is 3. The van der Waals surface area contributed by atoms with E-state index in [1.54, 1.807) is 4.90 Å². The van der Waals surface area contributed by atoms with Gasteiger partial charge in [-0.1, -0.05) is 27.7 Å². The van der Waals surface area contributed by atoms with Crippen LogP contribution in [-0.2, 0) is 23.2 Å². The SMILES string of the molecule is CCCN(CC(=O)N(Cc1cccn1C)C1CC1)C(=O)CC(C)(C)C. The zero-order chi connectivity index (χ0) is 18.6. The van der Waals surface area contributed by atoms with Gasteiger partial charge in [0, 0.05) is 37.9 Å². The van der Waals surface area contributed by atoms with Gasteiger partial charge in [-0.15, -0.1) is 0 Å².